The van der Waals surface area contributed by atoms with E-state index in [2.05, 4.69) is 10.3 Å². The fraction of sp³-hybridized carbons (Fsp3) is 0.400. The van der Waals surface area contributed by atoms with E-state index < -0.39 is 44.6 Å². The predicted octanol–water partition coefficient (Wildman–Crippen LogP) is 0.642. The lowest BCUT2D eigenvalue weighted by atomic mass is 10.2. The Labute approximate surface area is 183 Å². The number of amides is 2. The lowest BCUT2D eigenvalue weighted by Gasteiger charge is -2.24. The summed E-state index contributed by atoms with van der Waals surface area (Å²) in [7, 11) is -2.38. The van der Waals surface area contributed by atoms with Crippen LogP contribution in [0.5, 0.6) is 5.75 Å². The van der Waals surface area contributed by atoms with Gasteiger partial charge in [0.25, 0.3) is 11.5 Å². The van der Waals surface area contributed by atoms with Crippen molar-refractivity contribution in [2.75, 3.05) is 12.8 Å². The Morgan fingerprint density at radius 2 is 2.03 bits per heavy atom. The van der Waals surface area contributed by atoms with Gasteiger partial charge in [-0.15, -0.1) is 0 Å². The Hall–Kier alpha value is -3.28. The molecule has 3 rings (SSSR count). The third-order valence-corrected chi connectivity index (χ3v) is 6.52. The normalized spacial score (nSPS) is 16.2. The van der Waals surface area contributed by atoms with Gasteiger partial charge in [0.2, 0.25) is 11.7 Å². The van der Waals surface area contributed by atoms with E-state index in [1.54, 1.807) is 0 Å². The number of rotatable bonds is 5. The Kier molecular flexibility index (Phi) is 6.35. The highest BCUT2D eigenvalue weighted by molar-refractivity contribution is 7.90. The minimum absolute atomic E-state index is 0.129. The molecule has 0 aliphatic carbocycles. The van der Waals surface area contributed by atoms with Crippen LogP contribution < -0.4 is 10.9 Å². The molecular weight excluding hydrogens is 443 g/mol. The zero-order valence-electron chi connectivity index (χ0n) is 17.8. The molecule has 1 saturated heterocycles. The average Bonchev–Trinajstić information content (AvgIpc) is 3.20. The summed E-state index contributed by atoms with van der Waals surface area (Å²) in [6.45, 7) is 1.57. The molecule has 2 amide bonds. The Balaban J connectivity index is 1.94. The molecule has 1 unspecified atom stereocenters. The summed E-state index contributed by atoms with van der Waals surface area (Å²) in [6.07, 6.45) is 2.15. The molecule has 10 nitrogen and oxygen atoms in total. The van der Waals surface area contributed by atoms with Crippen LogP contribution in [0.15, 0.2) is 27.9 Å². The molecule has 0 saturated carbocycles. The molecule has 1 atom stereocenters. The summed E-state index contributed by atoms with van der Waals surface area (Å²) < 4.78 is 38.4. The highest BCUT2D eigenvalue weighted by Crippen LogP contribution is 2.31. The number of hydrogen-bond donors (Lipinski definition) is 2. The SMILES string of the molecule is CC(=O)N1CCCC1c1nc(C(=O)NCc2ccc(F)cc2S(C)(=O)=O)c(O)c(=O)n1C. The van der Waals surface area contributed by atoms with Crippen LogP contribution in [0.25, 0.3) is 0 Å². The Bertz CT molecular complexity index is 1260. The van der Waals surface area contributed by atoms with Gasteiger partial charge in [-0.1, -0.05) is 6.07 Å². The number of hydrogen-bond acceptors (Lipinski definition) is 7. The number of sulfone groups is 1. The van der Waals surface area contributed by atoms with Gasteiger partial charge in [0.15, 0.2) is 15.5 Å². The van der Waals surface area contributed by atoms with Crippen LogP contribution in [-0.4, -0.2) is 52.6 Å². The smallest absolute Gasteiger partial charge is 0.296 e. The highest BCUT2D eigenvalue weighted by atomic mass is 32.2. The van der Waals surface area contributed by atoms with E-state index in [0.29, 0.717) is 19.4 Å². The number of halogens is 1. The monoisotopic (exact) mass is 466 g/mol. The molecular formula is C20H23FN4O6S. The molecule has 0 bridgehead atoms. The number of nitrogens with zero attached hydrogens (tertiary/aromatic N) is 3. The van der Waals surface area contributed by atoms with Gasteiger partial charge in [-0.25, -0.2) is 17.8 Å². The second kappa shape index (κ2) is 8.69. The van der Waals surface area contributed by atoms with Crippen molar-refractivity contribution in [2.24, 2.45) is 7.05 Å². The van der Waals surface area contributed by atoms with Crippen LogP contribution >= 0.6 is 0 Å². The van der Waals surface area contributed by atoms with E-state index in [-0.39, 0.29) is 28.7 Å². The standard InChI is InChI=1S/C20H23FN4O6S/c1-11(26)25-8-4-5-14(25)18-23-16(17(27)20(29)24(18)2)19(28)22-10-12-6-7-13(21)9-15(12)32(3,30)31/h6-7,9,14,27H,4-5,8,10H2,1-3H3,(H,22,28). The van der Waals surface area contributed by atoms with E-state index in [0.717, 1.165) is 23.0 Å². The third-order valence-electron chi connectivity index (χ3n) is 5.34. The van der Waals surface area contributed by atoms with Gasteiger partial charge < -0.3 is 15.3 Å². The van der Waals surface area contributed by atoms with Gasteiger partial charge in [-0.3, -0.25) is 19.0 Å². The van der Waals surface area contributed by atoms with Crippen molar-refractivity contribution in [3.8, 4) is 5.75 Å². The van der Waals surface area contributed by atoms with Crippen molar-refractivity contribution >= 4 is 21.7 Å². The van der Waals surface area contributed by atoms with Crippen molar-refractivity contribution in [3.63, 3.8) is 0 Å². The lowest BCUT2D eigenvalue weighted by molar-refractivity contribution is -0.129. The fourth-order valence-corrected chi connectivity index (χ4v) is 4.70. The number of carbonyl (C=O) groups is 2. The molecule has 0 radical (unpaired) electrons. The van der Waals surface area contributed by atoms with Gasteiger partial charge in [-0.05, 0) is 30.5 Å². The Morgan fingerprint density at radius 1 is 1.34 bits per heavy atom. The summed E-state index contributed by atoms with van der Waals surface area (Å²) in [6, 6.07) is 2.60. The summed E-state index contributed by atoms with van der Waals surface area (Å²) in [5.74, 6) is -2.58. The average molecular weight is 466 g/mol. The first kappa shape index (κ1) is 23.4. The summed E-state index contributed by atoms with van der Waals surface area (Å²) in [5.41, 5.74) is -1.26. The van der Waals surface area contributed by atoms with Crippen LogP contribution in [0.3, 0.4) is 0 Å². The highest BCUT2D eigenvalue weighted by Gasteiger charge is 2.33. The minimum atomic E-state index is -3.77. The second-order valence-electron chi connectivity index (χ2n) is 7.61. The van der Waals surface area contributed by atoms with Crippen molar-refractivity contribution in [2.45, 2.75) is 37.2 Å². The molecule has 1 aromatic heterocycles. The quantitative estimate of drug-likeness (QED) is 0.659. The van der Waals surface area contributed by atoms with Crippen LogP contribution in [0.4, 0.5) is 4.39 Å². The topological polar surface area (TPSA) is 139 Å². The molecule has 32 heavy (non-hydrogen) atoms. The second-order valence-corrected chi connectivity index (χ2v) is 9.59. The maximum atomic E-state index is 13.5. The minimum Gasteiger partial charge on any atom is -0.501 e. The van der Waals surface area contributed by atoms with Crippen molar-refractivity contribution < 1.29 is 27.5 Å². The molecule has 1 aliphatic heterocycles. The van der Waals surface area contributed by atoms with E-state index in [1.165, 1.54) is 24.9 Å². The number of aromatic hydroxyl groups is 1. The molecule has 2 aromatic rings. The summed E-state index contributed by atoms with van der Waals surface area (Å²) in [5, 5.41) is 12.6. The summed E-state index contributed by atoms with van der Waals surface area (Å²) >= 11 is 0. The van der Waals surface area contributed by atoms with Crippen molar-refractivity contribution in [3.05, 3.63) is 51.5 Å². The zero-order valence-corrected chi connectivity index (χ0v) is 18.6. The van der Waals surface area contributed by atoms with Crippen LogP contribution in [0, 0.1) is 5.82 Å². The zero-order chi connectivity index (χ0) is 23.8. The van der Waals surface area contributed by atoms with E-state index in [4.69, 9.17) is 0 Å². The number of carbonyl (C=O) groups excluding carboxylic acids is 2. The molecule has 2 N–H and O–H groups in total. The lowest BCUT2D eigenvalue weighted by Crippen LogP contribution is -2.35. The third kappa shape index (κ3) is 4.49. The first-order chi connectivity index (χ1) is 14.9. The van der Waals surface area contributed by atoms with E-state index >= 15 is 0 Å². The first-order valence-corrected chi connectivity index (χ1v) is 11.6. The number of benzene rings is 1. The van der Waals surface area contributed by atoms with Gasteiger partial charge in [0, 0.05) is 33.3 Å². The Morgan fingerprint density at radius 3 is 2.66 bits per heavy atom. The number of likely N-dealkylation sites (tertiary alicyclic amines) is 1. The van der Waals surface area contributed by atoms with E-state index in [1.807, 2.05) is 0 Å². The fourth-order valence-electron chi connectivity index (χ4n) is 3.75. The predicted molar refractivity (Wildman–Crippen MR) is 111 cm³/mol. The molecule has 1 aliphatic rings. The van der Waals surface area contributed by atoms with Crippen molar-refractivity contribution in [1.82, 2.24) is 19.8 Å². The van der Waals surface area contributed by atoms with E-state index in [9.17, 15) is 32.3 Å². The molecule has 0 spiro atoms. The van der Waals surface area contributed by atoms with Crippen LogP contribution in [0.1, 0.15) is 47.7 Å². The molecule has 1 aromatic carbocycles. The maximum Gasteiger partial charge on any atom is 0.296 e. The van der Waals surface area contributed by atoms with Gasteiger partial charge in [-0.2, -0.15) is 0 Å². The van der Waals surface area contributed by atoms with Crippen LogP contribution in [0.2, 0.25) is 0 Å². The largest absolute Gasteiger partial charge is 0.501 e. The molecule has 12 heteroatoms. The van der Waals surface area contributed by atoms with Crippen molar-refractivity contribution in [1.29, 1.82) is 0 Å². The van der Waals surface area contributed by atoms with Gasteiger partial charge in [0.1, 0.15) is 11.6 Å². The van der Waals surface area contributed by atoms with Gasteiger partial charge in [0.05, 0.1) is 10.9 Å². The molecule has 2 heterocycles. The van der Waals surface area contributed by atoms with Crippen LogP contribution in [-0.2, 0) is 28.2 Å². The number of aromatic nitrogens is 2. The molecule has 1 fully saturated rings. The first-order valence-electron chi connectivity index (χ1n) is 9.75. The maximum absolute atomic E-state index is 13.5. The summed E-state index contributed by atoms with van der Waals surface area (Å²) in [4.78, 5) is 42.6. The molecule has 172 valence electrons. The van der Waals surface area contributed by atoms with Gasteiger partial charge >= 0.3 is 0 Å². The number of nitrogens with one attached hydrogen (secondary N) is 1.